The van der Waals surface area contributed by atoms with Gasteiger partial charge >= 0.3 is 0 Å². The van der Waals surface area contributed by atoms with Crippen molar-refractivity contribution in [1.82, 2.24) is 4.98 Å². The number of hydrogen-bond donors (Lipinski definition) is 0. The highest BCUT2D eigenvalue weighted by molar-refractivity contribution is 6.45. The van der Waals surface area contributed by atoms with E-state index in [9.17, 15) is 9.18 Å². The highest BCUT2D eigenvalue weighted by Gasteiger charge is 2.27. The van der Waals surface area contributed by atoms with Crippen LogP contribution in [0.1, 0.15) is 18.2 Å². The van der Waals surface area contributed by atoms with E-state index in [4.69, 9.17) is 23.2 Å². The molecule has 0 spiro atoms. The first-order valence-electron chi connectivity index (χ1n) is 7.69. The van der Waals surface area contributed by atoms with Crippen LogP contribution in [0.25, 0.3) is 0 Å². The second-order valence-electron chi connectivity index (χ2n) is 5.62. The van der Waals surface area contributed by atoms with Crippen LogP contribution in [0, 0.1) is 5.82 Å². The zero-order valence-electron chi connectivity index (χ0n) is 13.8. The van der Waals surface area contributed by atoms with E-state index in [0.717, 1.165) is 0 Å². The molecule has 2 aromatic rings. The van der Waals surface area contributed by atoms with E-state index in [0.29, 0.717) is 22.0 Å². The van der Waals surface area contributed by atoms with E-state index < -0.39 is 5.82 Å². The average Bonchev–Trinajstić information content (AvgIpc) is 2.74. The van der Waals surface area contributed by atoms with Gasteiger partial charge in [-0.05, 0) is 37.3 Å². The standard InChI is InChI=1S/C19H14Cl2FN3O/c1-11-10-24-19(18-14(22)4-3-8-23-18)16-15(6-5-13(20)17(16)21)25(11)9-7-12(2)26/h3-9H,1,10H2,2H3/b9-7-. The third kappa shape index (κ3) is 3.41. The summed E-state index contributed by atoms with van der Waals surface area (Å²) in [6.45, 7) is 5.62. The molecule has 0 bridgehead atoms. The van der Waals surface area contributed by atoms with Gasteiger partial charge in [-0.25, -0.2) is 4.39 Å². The van der Waals surface area contributed by atoms with E-state index in [1.165, 1.54) is 31.3 Å². The topological polar surface area (TPSA) is 45.6 Å². The van der Waals surface area contributed by atoms with Crippen molar-refractivity contribution in [2.24, 2.45) is 4.99 Å². The summed E-state index contributed by atoms with van der Waals surface area (Å²) in [5, 5.41) is 0.529. The number of aliphatic imine (C=N–C) groups is 1. The molecule has 3 rings (SSSR count). The maximum atomic E-state index is 14.4. The summed E-state index contributed by atoms with van der Waals surface area (Å²) >= 11 is 12.6. The maximum Gasteiger partial charge on any atom is 0.154 e. The van der Waals surface area contributed by atoms with E-state index in [1.54, 1.807) is 23.2 Å². The van der Waals surface area contributed by atoms with Crippen LogP contribution in [0.4, 0.5) is 10.1 Å². The van der Waals surface area contributed by atoms with Gasteiger partial charge in [-0.1, -0.05) is 29.8 Å². The van der Waals surface area contributed by atoms with Gasteiger partial charge in [0.25, 0.3) is 0 Å². The van der Waals surface area contributed by atoms with E-state index in [2.05, 4.69) is 16.6 Å². The normalized spacial score (nSPS) is 14.2. The summed E-state index contributed by atoms with van der Waals surface area (Å²) in [5.74, 6) is -0.646. The molecule has 0 saturated heterocycles. The van der Waals surface area contributed by atoms with Crippen LogP contribution in [0.15, 0.2) is 60.0 Å². The minimum Gasteiger partial charge on any atom is -0.319 e. The van der Waals surface area contributed by atoms with E-state index >= 15 is 0 Å². The minimum absolute atomic E-state index is 0.0723. The molecule has 1 aliphatic heterocycles. The largest absolute Gasteiger partial charge is 0.319 e. The van der Waals surface area contributed by atoms with Crippen LogP contribution in [0.3, 0.4) is 0 Å². The van der Waals surface area contributed by atoms with Crippen LogP contribution in [-0.2, 0) is 4.79 Å². The fourth-order valence-corrected chi connectivity index (χ4v) is 2.99. The number of allylic oxidation sites excluding steroid dienone is 1. The zero-order chi connectivity index (χ0) is 18.8. The molecule has 1 aromatic carbocycles. The minimum atomic E-state index is -0.522. The number of carbonyl (C=O) groups is 1. The average molecular weight is 390 g/mol. The molecule has 2 heterocycles. The number of benzodiazepines with no additional fused rings is 1. The summed E-state index contributed by atoms with van der Waals surface area (Å²) in [4.78, 5) is 21.6. The second kappa shape index (κ2) is 7.40. The van der Waals surface area contributed by atoms with Crippen LogP contribution >= 0.6 is 23.2 Å². The summed E-state index contributed by atoms with van der Waals surface area (Å²) in [7, 11) is 0. The lowest BCUT2D eigenvalue weighted by Crippen LogP contribution is -2.18. The molecule has 0 saturated carbocycles. The molecule has 0 radical (unpaired) electrons. The second-order valence-corrected chi connectivity index (χ2v) is 6.40. The number of rotatable bonds is 3. The quantitative estimate of drug-likeness (QED) is 0.708. The Labute approximate surface area is 160 Å². The van der Waals surface area contributed by atoms with Crippen molar-refractivity contribution >= 4 is 40.4 Å². The van der Waals surface area contributed by atoms with Gasteiger partial charge in [0.2, 0.25) is 0 Å². The SMILES string of the molecule is C=C1CN=C(c2ncccc2F)c2c(ccc(Cl)c2Cl)N1/C=C\C(C)=O. The smallest absolute Gasteiger partial charge is 0.154 e. The molecule has 0 amide bonds. The predicted octanol–water partition coefficient (Wildman–Crippen LogP) is 4.80. The van der Waals surface area contributed by atoms with Crippen molar-refractivity contribution in [2.45, 2.75) is 6.92 Å². The Hall–Kier alpha value is -2.50. The molecule has 0 atom stereocenters. The monoisotopic (exact) mass is 389 g/mol. The number of benzene rings is 1. The Morgan fingerprint density at radius 3 is 2.81 bits per heavy atom. The highest BCUT2D eigenvalue weighted by atomic mass is 35.5. The third-order valence-corrected chi connectivity index (χ3v) is 4.57. The Morgan fingerprint density at radius 2 is 2.12 bits per heavy atom. The predicted molar refractivity (Wildman–Crippen MR) is 103 cm³/mol. The van der Waals surface area contributed by atoms with Gasteiger partial charge in [0, 0.05) is 23.7 Å². The van der Waals surface area contributed by atoms with E-state index in [1.807, 2.05) is 0 Å². The Balaban J connectivity index is 2.28. The molecule has 0 N–H and O–H groups in total. The molecule has 132 valence electrons. The number of anilines is 1. The first-order chi connectivity index (χ1) is 12.4. The van der Waals surface area contributed by atoms with Gasteiger partial charge < -0.3 is 4.90 Å². The third-order valence-electron chi connectivity index (χ3n) is 3.77. The van der Waals surface area contributed by atoms with Crippen LogP contribution < -0.4 is 4.90 Å². The molecule has 1 aromatic heterocycles. The van der Waals surface area contributed by atoms with Gasteiger partial charge in [0.05, 0.1) is 28.0 Å². The fraction of sp³-hybridized carbons (Fsp3) is 0.105. The van der Waals surface area contributed by atoms with Crippen molar-refractivity contribution in [1.29, 1.82) is 0 Å². The summed E-state index contributed by atoms with van der Waals surface area (Å²) in [5.41, 5.74) is 1.97. The number of halogens is 3. The molecular formula is C19H14Cl2FN3O. The number of ketones is 1. The number of fused-ring (bicyclic) bond motifs is 1. The maximum absolute atomic E-state index is 14.4. The summed E-state index contributed by atoms with van der Waals surface area (Å²) < 4.78 is 14.4. The molecule has 0 aliphatic carbocycles. The van der Waals surface area contributed by atoms with Gasteiger partial charge in [0.15, 0.2) is 11.6 Å². The molecule has 26 heavy (non-hydrogen) atoms. The fourth-order valence-electron chi connectivity index (χ4n) is 2.58. The molecular weight excluding hydrogens is 376 g/mol. The molecule has 7 heteroatoms. The summed E-state index contributed by atoms with van der Waals surface area (Å²) in [6, 6.07) is 6.15. The molecule has 4 nitrogen and oxygen atoms in total. The van der Waals surface area contributed by atoms with Crippen LogP contribution in [-0.4, -0.2) is 23.0 Å². The van der Waals surface area contributed by atoms with Crippen molar-refractivity contribution in [3.05, 3.63) is 82.1 Å². The lowest BCUT2D eigenvalue weighted by Gasteiger charge is -2.23. The number of carbonyl (C=O) groups excluding carboxylic acids is 1. The van der Waals surface area contributed by atoms with Crippen molar-refractivity contribution in [3.8, 4) is 0 Å². The number of nitrogens with zero attached hydrogens (tertiary/aromatic N) is 3. The lowest BCUT2D eigenvalue weighted by atomic mass is 10.0. The van der Waals surface area contributed by atoms with Crippen molar-refractivity contribution in [2.75, 3.05) is 11.4 Å². The molecule has 1 aliphatic rings. The van der Waals surface area contributed by atoms with Crippen LogP contribution in [0.5, 0.6) is 0 Å². The Bertz CT molecular complexity index is 969. The lowest BCUT2D eigenvalue weighted by molar-refractivity contribution is -0.112. The van der Waals surface area contributed by atoms with Crippen LogP contribution in [0.2, 0.25) is 10.0 Å². The van der Waals surface area contributed by atoms with Gasteiger partial charge in [0.1, 0.15) is 5.69 Å². The van der Waals surface area contributed by atoms with E-state index in [-0.39, 0.29) is 28.8 Å². The molecule has 0 unspecified atom stereocenters. The van der Waals surface area contributed by atoms with Crippen molar-refractivity contribution < 1.29 is 9.18 Å². The number of aromatic nitrogens is 1. The number of pyridine rings is 1. The highest BCUT2D eigenvalue weighted by Crippen LogP contribution is 2.38. The Morgan fingerprint density at radius 1 is 1.35 bits per heavy atom. The van der Waals surface area contributed by atoms with Gasteiger partial charge in [-0.2, -0.15) is 0 Å². The van der Waals surface area contributed by atoms with Gasteiger partial charge in [-0.3, -0.25) is 14.8 Å². The van der Waals surface area contributed by atoms with Crippen molar-refractivity contribution in [3.63, 3.8) is 0 Å². The first kappa shape index (κ1) is 18.3. The molecule has 0 fully saturated rings. The van der Waals surface area contributed by atoms with Gasteiger partial charge in [-0.15, -0.1) is 0 Å². The summed E-state index contributed by atoms with van der Waals surface area (Å²) in [6.07, 6.45) is 4.47. The first-order valence-corrected chi connectivity index (χ1v) is 8.45. The number of hydrogen-bond acceptors (Lipinski definition) is 4. The zero-order valence-corrected chi connectivity index (χ0v) is 15.4. The Kier molecular flexibility index (Phi) is 5.20.